The van der Waals surface area contributed by atoms with Crippen LogP contribution < -0.4 is 16.0 Å². The molecule has 0 saturated heterocycles. The van der Waals surface area contributed by atoms with Gasteiger partial charge in [0, 0.05) is 17.3 Å². The van der Waals surface area contributed by atoms with Crippen LogP contribution >= 0.6 is 0 Å². The molecule has 1 aromatic heterocycles. The highest BCUT2D eigenvalue weighted by Gasteiger charge is 2.34. The third-order valence-corrected chi connectivity index (χ3v) is 6.72. The Labute approximate surface area is 232 Å². The maximum Gasteiger partial charge on any atom is 0.417 e. The number of aliphatic hydroxyl groups is 1. The summed E-state index contributed by atoms with van der Waals surface area (Å²) in [6, 6.07) is 15.7. The van der Waals surface area contributed by atoms with Crippen LogP contribution in [-0.4, -0.2) is 51.9 Å². The number of benzodiazepines with no additional fused rings is 1. The molecule has 212 valence electrons. The minimum Gasteiger partial charge on any atom is -0.405 e. The van der Waals surface area contributed by atoms with E-state index in [0.717, 1.165) is 11.6 Å². The predicted molar refractivity (Wildman–Crippen MR) is 146 cm³/mol. The van der Waals surface area contributed by atoms with E-state index in [9.17, 15) is 23.1 Å². The minimum atomic E-state index is -4.69. The van der Waals surface area contributed by atoms with E-state index < -0.39 is 47.9 Å². The number of aromatic nitrogens is 1. The fourth-order valence-corrected chi connectivity index (χ4v) is 4.70. The number of nitrogens with zero attached hydrogens (tertiary/aromatic N) is 2. The van der Waals surface area contributed by atoms with Crippen molar-refractivity contribution in [2.75, 3.05) is 10.6 Å². The summed E-state index contributed by atoms with van der Waals surface area (Å²) in [5.74, 6) is -1.33. The topological polar surface area (TPSA) is 156 Å². The Morgan fingerprint density at radius 2 is 1.80 bits per heavy atom. The summed E-state index contributed by atoms with van der Waals surface area (Å²) in [5, 5.41) is 34.9. The fourth-order valence-electron chi connectivity index (χ4n) is 4.70. The second-order valence-corrected chi connectivity index (χ2v) is 9.55. The van der Waals surface area contributed by atoms with Crippen LogP contribution in [0, 0.1) is 10.8 Å². The number of hydrogen-bond acceptors (Lipinski definition) is 8. The Morgan fingerprint density at radius 3 is 2.51 bits per heavy atom. The number of fused-ring (bicyclic) bond motifs is 1. The lowest BCUT2D eigenvalue weighted by atomic mass is 10.0. The molecule has 2 aliphatic rings. The van der Waals surface area contributed by atoms with Crippen molar-refractivity contribution in [1.82, 2.24) is 10.3 Å². The number of halogens is 3. The van der Waals surface area contributed by atoms with E-state index in [1.165, 1.54) is 0 Å². The molecule has 3 unspecified atom stereocenters. The molecular weight excluding hydrogens is 539 g/mol. The Hall–Kier alpha value is -4.78. The first-order valence-corrected chi connectivity index (χ1v) is 12.8. The number of anilines is 2. The number of nitrogens with one attached hydrogen (secondary N) is 5. The summed E-state index contributed by atoms with van der Waals surface area (Å²) in [4.78, 5) is 21.3. The maximum absolute atomic E-state index is 13.4. The smallest absolute Gasteiger partial charge is 0.405 e. The van der Waals surface area contributed by atoms with E-state index in [1.807, 2.05) is 30.3 Å². The van der Waals surface area contributed by atoms with E-state index in [4.69, 9.17) is 15.6 Å². The van der Waals surface area contributed by atoms with Gasteiger partial charge in [0.25, 0.3) is 11.9 Å². The van der Waals surface area contributed by atoms with Gasteiger partial charge in [-0.2, -0.15) is 13.2 Å². The van der Waals surface area contributed by atoms with Crippen molar-refractivity contribution in [2.24, 2.45) is 4.99 Å². The summed E-state index contributed by atoms with van der Waals surface area (Å²) in [6.45, 7) is 0. The SMILES string of the molecule is N=C(NC1N=C(c2ccccc2)c2ccccc2NC1=O)OC(=N)c1ncc(C(F)(F)F)cc1NC1CCCC1O. The van der Waals surface area contributed by atoms with Gasteiger partial charge in [-0.05, 0) is 31.4 Å². The number of aliphatic hydroxyl groups excluding tert-OH is 1. The number of pyridine rings is 1. The lowest BCUT2D eigenvalue weighted by Gasteiger charge is -2.21. The van der Waals surface area contributed by atoms with Crippen molar-refractivity contribution >= 4 is 34.9 Å². The molecule has 2 aromatic carbocycles. The van der Waals surface area contributed by atoms with Crippen LogP contribution in [0.3, 0.4) is 0 Å². The number of carbonyl (C=O) groups excluding carboxylic acids is 1. The second kappa shape index (κ2) is 11.4. The summed E-state index contributed by atoms with van der Waals surface area (Å²) >= 11 is 0. The Bertz CT molecular complexity index is 1510. The van der Waals surface area contributed by atoms with Crippen LogP contribution in [0.4, 0.5) is 24.5 Å². The molecule has 1 saturated carbocycles. The molecule has 13 heteroatoms. The van der Waals surface area contributed by atoms with Gasteiger partial charge in [-0.3, -0.25) is 15.6 Å². The molecule has 5 rings (SSSR count). The molecule has 3 atom stereocenters. The number of aliphatic imine (C=N–C) groups is 1. The lowest BCUT2D eigenvalue weighted by Crippen LogP contribution is -2.43. The highest BCUT2D eigenvalue weighted by atomic mass is 19.4. The molecule has 6 N–H and O–H groups in total. The van der Waals surface area contributed by atoms with Gasteiger partial charge in [0.1, 0.15) is 5.69 Å². The molecule has 1 amide bonds. The first-order chi connectivity index (χ1) is 19.6. The van der Waals surface area contributed by atoms with Crippen molar-refractivity contribution in [1.29, 1.82) is 10.8 Å². The number of hydrogen-bond donors (Lipinski definition) is 6. The number of carbonyl (C=O) groups is 1. The summed E-state index contributed by atoms with van der Waals surface area (Å²) < 4.78 is 45.4. The van der Waals surface area contributed by atoms with Crippen molar-refractivity contribution in [3.63, 3.8) is 0 Å². The van der Waals surface area contributed by atoms with E-state index in [2.05, 4.69) is 25.9 Å². The molecule has 10 nitrogen and oxygen atoms in total. The van der Waals surface area contributed by atoms with Crippen LogP contribution in [0.1, 0.15) is 41.6 Å². The monoisotopic (exact) mass is 565 g/mol. The van der Waals surface area contributed by atoms with Gasteiger partial charge in [0.2, 0.25) is 12.1 Å². The van der Waals surface area contributed by atoms with E-state index >= 15 is 0 Å². The highest BCUT2D eigenvalue weighted by Crippen LogP contribution is 2.33. The van der Waals surface area contributed by atoms with Gasteiger partial charge >= 0.3 is 6.18 Å². The Kier molecular flexibility index (Phi) is 7.70. The highest BCUT2D eigenvalue weighted by molar-refractivity contribution is 6.19. The fraction of sp³-hybridized carbons (Fsp3) is 0.250. The van der Waals surface area contributed by atoms with Crippen LogP contribution in [0.25, 0.3) is 0 Å². The number of para-hydroxylation sites is 1. The second-order valence-electron chi connectivity index (χ2n) is 9.55. The number of amides is 1. The molecule has 0 spiro atoms. The van der Waals surface area contributed by atoms with Gasteiger partial charge < -0.3 is 25.8 Å². The van der Waals surface area contributed by atoms with Crippen molar-refractivity contribution in [3.05, 3.63) is 89.2 Å². The normalized spacial score (nSPS) is 20.2. The van der Waals surface area contributed by atoms with Crippen LogP contribution in [0.2, 0.25) is 0 Å². The van der Waals surface area contributed by atoms with Gasteiger partial charge in [-0.1, -0.05) is 48.5 Å². The average Bonchev–Trinajstić information content (AvgIpc) is 3.28. The zero-order valence-electron chi connectivity index (χ0n) is 21.5. The molecular formula is C28H26F3N7O3. The molecule has 41 heavy (non-hydrogen) atoms. The first-order valence-electron chi connectivity index (χ1n) is 12.8. The zero-order valence-corrected chi connectivity index (χ0v) is 21.5. The summed E-state index contributed by atoms with van der Waals surface area (Å²) in [6.07, 6.45) is -4.54. The van der Waals surface area contributed by atoms with Gasteiger partial charge in [0.05, 0.1) is 34.8 Å². The van der Waals surface area contributed by atoms with E-state index in [0.29, 0.717) is 42.4 Å². The summed E-state index contributed by atoms with van der Waals surface area (Å²) in [7, 11) is 0. The van der Waals surface area contributed by atoms with Crippen LogP contribution in [-0.2, 0) is 15.7 Å². The maximum atomic E-state index is 13.4. The largest absolute Gasteiger partial charge is 0.417 e. The molecule has 1 aliphatic carbocycles. The minimum absolute atomic E-state index is 0.171. The third-order valence-electron chi connectivity index (χ3n) is 6.72. The molecule has 1 aliphatic heterocycles. The van der Waals surface area contributed by atoms with Gasteiger partial charge in [-0.15, -0.1) is 0 Å². The van der Waals surface area contributed by atoms with Crippen molar-refractivity contribution < 1.29 is 27.8 Å². The van der Waals surface area contributed by atoms with Crippen molar-refractivity contribution in [3.8, 4) is 0 Å². The number of alkyl halides is 3. The van der Waals surface area contributed by atoms with Crippen molar-refractivity contribution in [2.45, 2.75) is 43.8 Å². The predicted octanol–water partition coefficient (Wildman–Crippen LogP) is 4.11. The number of ether oxygens (including phenoxy) is 1. The Morgan fingerprint density at radius 1 is 1.07 bits per heavy atom. The zero-order chi connectivity index (χ0) is 29.1. The van der Waals surface area contributed by atoms with Gasteiger partial charge in [-0.25, -0.2) is 9.98 Å². The molecule has 2 heterocycles. The molecule has 0 bridgehead atoms. The quantitative estimate of drug-likeness (QED) is 0.202. The molecule has 1 fully saturated rings. The molecule has 3 aromatic rings. The number of amidine groups is 1. The first kappa shape index (κ1) is 27.8. The number of rotatable bonds is 5. The number of benzene rings is 2. The summed E-state index contributed by atoms with van der Waals surface area (Å²) in [5.41, 5.74) is 0.868. The average molecular weight is 566 g/mol. The lowest BCUT2D eigenvalue weighted by molar-refractivity contribution is -0.137. The van der Waals surface area contributed by atoms with Crippen LogP contribution in [0.15, 0.2) is 71.9 Å². The van der Waals surface area contributed by atoms with E-state index in [-0.39, 0.29) is 11.4 Å². The third kappa shape index (κ3) is 6.19. The Balaban J connectivity index is 1.38. The van der Waals surface area contributed by atoms with Gasteiger partial charge in [0.15, 0.2) is 0 Å². The van der Waals surface area contributed by atoms with Crippen LogP contribution in [0.5, 0.6) is 0 Å². The standard InChI is InChI=1S/C28H26F3N7O3/c29-28(30,31)16-13-20(35-19-11-6-12-21(19)39)23(34-14-16)24(32)41-27(33)38-25-26(40)36-18-10-5-4-9-17(18)22(37-25)15-7-2-1-3-8-15/h1-5,7-10,13-14,19,21,25,32,35,39H,6,11-12H2,(H2,33,38)(H,36,40). The molecule has 0 radical (unpaired) electrons. The van der Waals surface area contributed by atoms with E-state index in [1.54, 1.807) is 24.3 Å².